The van der Waals surface area contributed by atoms with Gasteiger partial charge in [0.2, 0.25) is 5.91 Å². The molecular formula is C21H16N8O. The van der Waals surface area contributed by atoms with Crippen molar-refractivity contribution in [1.29, 1.82) is 0 Å². The van der Waals surface area contributed by atoms with Gasteiger partial charge < -0.3 is 10.3 Å². The first-order valence-corrected chi connectivity index (χ1v) is 9.66. The molecule has 1 fully saturated rings. The van der Waals surface area contributed by atoms with Crippen LogP contribution in [0.2, 0.25) is 0 Å². The molecule has 6 rings (SSSR count). The van der Waals surface area contributed by atoms with E-state index >= 15 is 0 Å². The second-order valence-electron chi connectivity index (χ2n) is 7.37. The van der Waals surface area contributed by atoms with Gasteiger partial charge in [0.05, 0.1) is 17.3 Å². The van der Waals surface area contributed by atoms with Crippen molar-refractivity contribution in [2.75, 3.05) is 5.32 Å². The van der Waals surface area contributed by atoms with Crippen molar-refractivity contribution < 1.29 is 4.79 Å². The number of hydrogen-bond donors (Lipinski definition) is 3. The summed E-state index contributed by atoms with van der Waals surface area (Å²) in [6.07, 6.45) is 8.80. The number of H-pyrrole nitrogens is 2. The quantitative estimate of drug-likeness (QED) is 0.428. The molecule has 5 heterocycles. The minimum Gasteiger partial charge on any atom is -0.324 e. The third-order valence-corrected chi connectivity index (χ3v) is 5.18. The second kappa shape index (κ2) is 6.45. The van der Waals surface area contributed by atoms with E-state index in [1.807, 2.05) is 24.3 Å². The normalized spacial score (nSPS) is 13.7. The third-order valence-electron chi connectivity index (χ3n) is 5.18. The number of imidazole rings is 1. The molecule has 1 amide bonds. The lowest BCUT2D eigenvalue weighted by molar-refractivity contribution is -0.117. The number of nitrogens with zero attached hydrogens (tertiary/aromatic N) is 5. The summed E-state index contributed by atoms with van der Waals surface area (Å²) in [5.74, 6) is 0.814. The smallest absolute Gasteiger partial charge is 0.227 e. The van der Waals surface area contributed by atoms with Crippen LogP contribution in [0, 0.1) is 5.92 Å². The maximum Gasteiger partial charge on any atom is 0.227 e. The Morgan fingerprint density at radius 2 is 1.97 bits per heavy atom. The van der Waals surface area contributed by atoms with Gasteiger partial charge in [0.25, 0.3) is 0 Å². The number of fused-ring (bicyclic) bond motifs is 2. The van der Waals surface area contributed by atoms with Crippen LogP contribution in [0.1, 0.15) is 12.8 Å². The Morgan fingerprint density at radius 1 is 1.07 bits per heavy atom. The Kier molecular flexibility index (Phi) is 3.61. The first-order chi connectivity index (χ1) is 14.7. The number of aromatic amines is 2. The molecule has 9 heteroatoms. The topological polar surface area (TPSA) is 125 Å². The molecule has 146 valence electrons. The zero-order valence-corrected chi connectivity index (χ0v) is 15.8. The molecule has 0 spiro atoms. The highest BCUT2D eigenvalue weighted by molar-refractivity contribution is 5.95. The van der Waals surface area contributed by atoms with Crippen LogP contribution >= 0.6 is 0 Å². The van der Waals surface area contributed by atoms with E-state index in [1.165, 1.54) is 0 Å². The Labute approximate surface area is 170 Å². The van der Waals surface area contributed by atoms with Gasteiger partial charge >= 0.3 is 0 Å². The minimum absolute atomic E-state index is 0.0538. The molecule has 30 heavy (non-hydrogen) atoms. The van der Waals surface area contributed by atoms with Crippen LogP contribution < -0.4 is 5.32 Å². The molecule has 5 aromatic rings. The number of nitrogens with one attached hydrogen (secondary N) is 3. The molecule has 1 saturated carbocycles. The van der Waals surface area contributed by atoms with E-state index in [4.69, 9.17) is 0 Å². The van der Waals surface area contributed by atoms with Crippen molar-refractivity contribution in [2.24, 2.45) is 5.92 Å². The van der Waals surface area contributed by atoms with Gasteiger partial charge in [-0.1, -0.05) is 0 Å². The molecule has 0 saturated heterocycles. The Bertz CT molecular complexity index is 1380. The molecule has 9 nitrogen and oxygen atoms in total. The predicted octanol–water partition coefficient (Wildman–Crippen LogP) is 3.31. The lowest BCUT2D eigenvalue weighted by Gasteiger charge is -2.06. The van der Waals surface area contributed by atoms with Crippen LogP contribution in [0.5, 0.6) is 0 Å². The summed E-state index contributed by atoms with van der Waals surface area (Å²) in [7, 11) is 0. The largest absolute Gasteiger partial charge is 0.324 e. The third kappa shape index (κ3) is 2.87. The molecule has 0 unspecified atom stereocenters. The Morgan fingerprint density at radius 3 is 2.83 bits per heavy atom. The highest BCUT2D eigenvalue weighted by Gasteiger charge is 2.29. The number of pyridine rings is 3. The molecule has 0 aliphatic heterocycles. The number of anilines is 1. The molecule has 3 N–H and O–H groups in total. The van der Waals surface area contributed by atoms with Crippen LogP contribution in [0.4, 0.5) is 5.69 Å². The van der Waals surface area contributed by atoms with E-state index in [9.17, 15) is 4.79 Å². The summed E-state index contributed by atoms with van der Waals surface area (Å²) >= 11 is 0. The van der Waals surface area contributed by atoms with Gasteiger partial charge in [0.1, 0.15) is 11.2 Å². The molecular weight excluding hydrogens is 380 g/mol. The summed E-state index contributed by atoms with van der Waals surface area (Å²) in [6, 6.07) is 7.64. The van der Waals surface area contributed by atoms with E-state index in [0.717, 1.165) is 34.9 Å². The van der Waals surface area contributed by atoms with Gasteiger partial charge in [-0.2, -0.15) is 5.10 Å². The van der Waals surface area contributed by atoms with E-state index in [0.29, 0.717) is 28.5 Å². The van der Waals surface area contributed by atoms with Crippen molar-refractivity contribution in [3.8, 4) is 22.6 Å². The fourth-order valence-corrected chi connectivity index (χ4v) is 3.45. The Hall–Kier alpha value is -4.14. The zero-order valence-electron chi connectivity index (χ0n) is 15.8. The van der Waals surface area contributed by atoms with Crippen molar-refractivity contribution in [2.45, 2.75) is 12.8 Å². The van der Waals surface area contributed by atoms with E-state index in [1.54, 1.807) is 24.8 Å². The second-order valence-corrected chi connectivity index (χ2v) is 7.37. The van der Waals surface area contributed by atoms with Gasteiger partial charge in [-0.15, -0.1) is 0 Å². The van der Waals surface area contributed by atoms with Crippen molar-refractivity contribution in [3.63, 3.8) is 0 Å². The maximum absolute atomic E-state index is 12.1. The average molecular weight is 396 g/mol. The summed E-state index contributed by atoms with van der Waals surface area (Å²) in [5.41, 5.74) is 5.22. The number of aromatic nitrogens is 7. The standard InChI is InChI=1S/C21H16N8O/c30-21(11-3-4-11)25-14-6-12(8-22-10-14)13-7-15-17(28-29-18(15)24-9-13)20-26-16-2-1-5-23-19(16)27-20/h1-2,5-11H,3-4H2,(H,25,30)(H,23,26,27)(H,24,28,29). The zero-order chi connectivity index (χ0) is 20.1. The molecule has 0 radical (unpaired) electrons. The lowest BCUT2D eigenvalue weighted by Crippen LogP contribution is -2.13. The molecule has 5 aromatic heterocycles. The maximum atomic E-state index is 12.1. The number of amides is 1. The number of carbonyl (C=O) groups excluding carboxylic acids is 1. The van der Waals surface area contributed by atoms with E-state index in [2.05, 4.69) is 40.4 Å². The van der Waals surface area contributed by atoms with Crippen LogP contribution in [0.25, 0.3) is 44.8 Å². The fourth-order valence-electron chi connectivity index (χ4n) is 3.45. The molecule has 0 bridgehead atoms. The number of rotatable bonds is 4. The van der Waals surface area contributed by atoms with Crippen LogP contribution in [-0.4, -0.2) is 41.0 Å². The van der Waals surface area contributed by atoms with E-state index in [-0.39, 0.29) is 11.8 Å². The van der Waals surface area contributed by atoms with Crippen molar-refractivity contribution >= 4 is 33.8 Å². The van der Waals surface area contributed by atoms with Gasteiger partial charge in [-0.3, -0.25) is 14.9 Å². The van der Waals surface area contributed by atoms with Crippen molar-refractivity contribution in [3.05, 3.63) is 49.1 Å². The minimum atomic E-state index is 0.0538. The van der Waals surface area contributed by atoms with Crippen molar-refractivity contribution in [1.82, 2.24) is 35.1 Å². The van der Waals surface area contributed by atoms with Gasteiger partial charge in [0, 0.05) is 35.6 Å². The van der Waals surface area contributed by atoms with Crippen LogP contribution in [-0.2, 0) is 4.79 Å². The molecule has 0 atom stereocenters. The summed E-state index contributed by atoms with van der Waals surface area (Å²) < 4.78 is 0. The van der Waals surface area contributed by atoms with Gasteiger partial charge in [0.15, 0.2) is 17.1 Å². The van der Waals surface area contributed by atoms with Crippen LogP contribution in [0.3, 0.4) is 0 Å². The SMILES string of the molecule is O=C(Nc1cncc(-c2cnc3[nH]nc(-c4nc5cccnc5[nH]4)c3c2)c1)C1CC1. The van der Waals surface area contributed by atoms with Gasteiger partial charge in [-0.25, -0.2) is 15.0 Å². The fraction of sp³-hybridized carbons (Fsp3) is 0.143. The van der Waals surface area contributed by atoms with Gasteiger partial charge in [-0.05, 0) is 37.1 Å². The number of carbonyl (C=O) groups is 1. The number of hydrogen-bond acceptors (Lipinski definition) is 6. The highest BCUT2D eigenvalue weighted by Crippen LogP contribution is 2.32. The monoisotopic (exact) mass is 396 g/mol. The Balaban J connectivity index is 1.40. The molecule has 1 aliphatic rings. The summed E-state index contributed by atoms with van der Waals surface area (Å²) in [4.78, 5) is 32.9. The average Bonchev–Trinajstić information content (AvgIpc) is 3.40. The molecule has 1 aliphatic carbocycles. The first-order valence-electron chi connectivity index (χ1n) is 9.66. The molecule has 0 aromatic carbocycles. The lowest BCUT2D eigenvalue weighted by atomic mass is 10.1. The van der Waals surface area contributed by atoms with E-state index < -0.39 is 0 Å². The van der Waals surface area contributed by atoms with Crippen LogP contribution in [0.15, 0.2) is 49.1 Å². The summed E-state index contributed by atoms with van der Waals surface area (Å²) in [5, 5.41) is 11.1. The first kappa shape index (κ1) is 16.8. The predicted molar refractivity (Wildman–Crippen MR) is 111 cm³/mol. The summed E-state index contributed by atoms with van der Waals surface area (Å²) in [6.45, 7) is 0. The highest BCUT2D eigenvalue weighted by atomic mass is 16.2.